The minimum absolute atomic E-state index is 0.0226. The van der Waals surface area contributed by atoms with E-state index in [0.717, 1.165) is 18.8 Å². The Hall–Kier alpha value is -1.82. The van der Waals surface area contributed by atoms with E-state index < -0.39 is 4.92 Å². The van der Waals surface area contributed by atoms with Crippen molar-refractivity contribution in [3.8, 4) is 5.75 Å². The van der Waals surface area contributed by atoms with Crippen LogP contribution >= 0.6 is 0 Å². The molecule has 0 atom stereocenters. The molecule has 0 amide bonds. The van der Waals surface area contributed by atoms with Crippen molar-refractivity contribution in [1.29, 1.82) is 0 Å². The fourth-order valence-electron chi connectivity index (χ4n) is 2.19. The smallest absolute Gasteiger partial charge is 0.311 e. The maximum Gasteiger partial charge on any atom is 0.311 e. The Labute approximate surface area is 119 Å². The van der Waals surface area contributed by atoms with Crippen LogP contribution in [0.4, 0.5) is 11.4 Å². The van der Waals surface area contributed by atoms with Gasteiger partial charge in [-0.2, -0.15) is 0 Å². The Morgan fingerprint density at radius 2 is 2.05 bits per heavy atom. The number of nitrogens with one attached hydrogen (secondary N) is 1. The van der Waals surface area contributed by atoms with Gasteiger partial charge >= 0.3 is 5.69 Å². The molecule has 0 bridgehead atoms. The summed E-state index contributed by atoms with van der Waals surface area (Å²) in [5, 5.41) is 14.1. The van der Waals surface area contributed by atoms with Crippen molar-refractivity contribution >= 4 is 11.4 Å². The average molecular weight is 281 g/mol. The molecular formula is C14H23N3O3. The number of ether oxygens (including phenoxy) is 1. The molecule has 0 aromatic heterocycles. The van der Waals surface area contributed by atoms with E-state index in [1.54, 1.807) is 12.1 Å². The summed E-state index contributed by atoms with van der Waals surface area (Å²) in [6.45, 7) is 6.06. The number of nitro benzene ring substituents is 1. The van der Waals surface area contributed by atoms with Gasteiger partial charge in [0.05, 0.1) is 12.0 Å². The second kappa shape index (κ2) is 6.56. The fourth-order valence-corrected chi connectivity index (χ4v) is 2.19. The molecule has 0 heterocycles. The molecule has 20 heavy (non-hydrogen) atoms. The number of hydrogen-bond acceptors (Lipinski definition) is 5. The standard InChI is InChI=1S/C14H23N3O3/c1-14(2,10-16(3)4)9-15-11-6-7-12(17(18)19)13(8-11)20-5/h6-8,15H,9-10H2,1-5H3. The molecule has 1 aromatic rings. The van der Waals surface area contributed by atoms with Gasteiger partial charge < -0.3 is 15.0 Å². The first-order chi connectivity index (χ1) is 9.25. The van der Waals surface area contributed by atoms with Crippen molar-refractivity contribution in [2.24, 2.45) is 5.41 Å². The molecule has 1 aromatic carbocycles. The highest BCUT2D eigenvalue weighted by molar-refractivity contribution is 5.58. The van der Waals surface area contributed by atoms with Crippen LogP contribution in [0.25, 0.3) is 0 Å². The Morgan fingerprint density at radius 3 is 2.55 bits per heavy atom. The van der Waals surface area contributed by atoms with Crippen molar-refractivity contribution < 1.29 is 9.66 Å². The van der Waals surface area contributed by atoms with Crippen molar-refractivity contribution in [2.75, 3.05) is 39.6 Å². The van der Waals surface area contributed by atoms with Crippen LogP contribution in [0.15, 0.2) is 18.2 Å². The summed E-state index contributed by atoms with van der Waals surface area (Å²) in [5.41, 5.74) is 0.892. The van der Waals surface area contributed by atoms with Crippen LogP contribution in [0, 0.1) is 15.5 Å². The summed E-state index contributed by atoms with van der Waals surface area (Å²) >= 11 is 0. The zero-order valence-electron chi connectivity index (χ0n) is 12.8. The van der Waals surface area contributed by atoms with E-state index in [4.69, 9.17) is 4.74 Å². The minimum Gasteiger partial charge on any atom is -0.490 e. The van der Waals surface area contributed by atoms with Crippen LogP contribution < -0.4 is 10.1 Å². The number of nitro groups is 1. The highest BCUT2D eigenvalue weighted by Gasteiger charge is 2.19. The molecule has 0 saturated carbocycles. The molecule has 0 unspecified atom stereocenters. The van der Waals surface area contributed by atoms with Gasteiger partial charge in [-0.05, 0) is 25.6 Å². The molecule has 0 fully saturated rings. The van der Waals surface area contributed by atoms with E-state index in [-0.39, 0.29) is 16.9 Å². The first kappa shape index (κ1) is 16.2. The summed E-state index contributed by atoms with van der Waals surface area (Å²) in [4.78, 5) is 12.5. The van der Waals surface area contributed by atoms with E-state index in [9.17, 15) is 10.1 Å². The maximum atomic E-state index is 10.8. The zero-order valence-corrected chi connectivity index (χ0v) is 12.8. The van der Waals surface area contributed by atoms with Crippen molar-refractivity contribution in [1.82, 2.24) is 4.90 Å². The lowest BCUT2D eigenvalue weighted by Crippen LogP contribution is -2.34. The van der Waals surface area contributed by atoms with Gasteiger partial charge in [0.25, 0.3) is 0 Å². The SMILES string of the molecule is COc1cc(NCC(C)(C)CN(C)C)ccc1[N+](=O)[O-]. The molecule has 1 rings (SSSR count). The molecule has 0 spiro atoms. The number of anilines is 1. The Balaban J connectivity index is 2.77. The minimum atomic E-state index is -0.446. The highest BCUT2D eigenvalue weighted by atomic mass is 16.6. The normalized spacial score (nSPS) is 11.5. The molecule has 6 nitrogen and oxygen atoms in total. The van der Waals surface area contributed by atoms with Gasteiger partial charge in [-0.3, -0.25) is 10.1 Å². The third-order valence-electron chi connectivity index (χ3n) is 2.89. The Kier molecular flexibility index (Phi) is 5.33. The predicted octanol–water partition coefficient (Wildman–Crippen LogP) is 2.60. The lowest BCUT2D eigenvalue weighted by molar-refractivity contribution is -0.385. The number of rotatable bonds is 7. The quantitative estimate of drug-likeness (QED) is 0.614. The Bertz CT molecular complexity index is 473. The molecule has 0 saturated heterocycles. The van der Waals surface area contributed by atoms with Gasteiger partial charge in [0, 0.05) is 30.9 Å². The largest absolute Gasteiger partial charge is 0.490 e. The lowest BCUT2D eigenvalue weighted by Gasteiger charge is -2.28. The van der Waals surface area contributed by atoms with Crippen molar-refractivity contribution in [3.05, 3.63) is 28.3 Å². The third kappa shape index (κ3) is 4.70. The van der Waals surface area contributed by atoms with Crippen LogP contribution in [0.3, 0.4) is 0 Å². The van der Waals surface area contributed by atoms with Gasteiger partial charge in [0.2, 0.25) is 0 Å². The number of hydrogen-bond donors (Lipinski definition) is 1. The topological polar surface area (TPSA) is 67.6 Å². The van der Waals surface area contributed by atoms with Crippen molar-refractivity contribution in [2.45, 2.75) is 13.8 Å². The summed E-state index contributed by atoms with van der Waals surface area (Å²) < 4.78 is 5.05. The summed E-state index contributed by atoms with van der Waals surface area (Å²) in [6.07, 6.45) is 0. The van der Waals surface area contributed by atoms with E-state index in [2.05, 4.69) is 24.1 Å². The third-order valence-corrected chi connectivity index (χ3v) is 2.89. The van der Waals surface area contributed by atoms with E-state index in [1.165, 1.54) is 13.2 Å². The van der Waals surface area contributed by atoms with Crippen LogP contribution in [-0.4, -0.2) is 44.1 Å². The van der Waals surface area contributed by atoms with Gasteiger partial charge in [0.1, 0.15) is 0 Å². The molecule has 0 aliphatic carbocycles. The van der Waals surface area contributed by atoms with E-state index >= 15 is 0 Å². The van der Waals surface area contributed by atoms with E-state index in [0.29, 0.717) is 0 Å². The van der Waals surface area contributed by atoms with Crippen LogP contribution in [0.1, 0.15) is 13.8 Å². The molecule has 6 heteroatoms. The van der Waals surface area contributed by atoms with Gasteiger partial charge in [-0.15, -0.1) is 0 Å². The second-order valence-electron chi connectivity index (χ2n) is 5.90. The second-order valence-corrected chi connectivity index (χ2v) is 5.90. The van der Waals surface area contributed by atoms with Crippen LogP contribution in [0.2, 0.25) is 0 Å². The molecule has 0 aliphatic heterocycles. The molecule has 112 valence electrons. The predicted molar refractivity (Wildman–Crippen MR) is 80.5 cm³/mol. The first-order valence-electron chi connectivity index (χ1n) is 6.46. The lowest BCUT2D eigenvalue weighted by atomic mass is 9.93. The van der Waals surface area contributed by atoms with Crippen LogP contribution in [-0.2, 0) is 0 Å². The number of methoxy groups -OCH3 is 1. The number of benzene rings is 1. The monoisotopic (exact) mass is 281 g/mol. The summed E-state index contributed by atoms with van der Waals surface area (Å²) in [5.74, 6) is 0.269. The van der Waals surface area contributed by atoms with Crippen LogP contribution in [0.5, 0.6) is 5.75 Å². The maximum absolute atomic E-state index is 10.8. The molecule has 0 radical (unpaired) electrons. The summed E-state index contributed by atoms with van der Waals surface area (Å²) in [6, 6.07) is 4.82. The Morgan fingerprint density at radius 1 is 1.40 bits per heavy atom. The average Bonchev–Trinajstić information content (AvgIpc) is 2.34. The molecule has 0 aliphatic rings. The number of nitrogens with zero attached hydrogens (tertiary/aromatic N) is 2. The van der Waals surface area contributed by atoms with E-state index in [1.807, 2.05) is 14.1 Å². The summed E-state index contributed by atoms with van der Waals surface area (Å²) in [7, 11) is 5.51. The van der Waals surface area contributed by atoms with Gasteiger partial charge in [0.15, 0.2) is 5.75 Å². The van der Waals surface area contributed by atoms with Gasteiger partial charge in [-0.25, -0.2) is 0 Å². The van der Waals surface area contributed by atoms with Gasteiger partial charge in [-0.1, -0.05) is 13.8 Å². The first-order valence-corrected chi connectivity index (χ1v) is 6.46. The van der Waals surface area contributed by atoms with Crippen molar-refractivity contribution in [3.63, 3.8) is 0 Å². The molecule has 1 N–H and O–H groups in total. The fraction of sp³-hybridized carbons (Fsp3) is 0.571. The molecular weight excluding hydrogens is 258 g/mol. The highest BCUT2D eigenvalue weighted by Crippen LogP contribution is 2.30. The zero-order chi connectivity index (χ0) is 15.3.